The third kappa shape index (κ3) is 28.4. The third-order valence-corrected chi connectivity index (χ3v) is 16.2. The number of hydrogen-bond acceptors (Lipinski definition) is 44. The molecule has 6 rings (SSSR count). The van der Waals surface area contributed by atoms with Crippen LogP contribution in [0.5, 0.6) is 0 Å². The van der Waals surface area contributed by atoms with E-state index in [1.165, 1.54) is 13.8 Å². The number of amides is 10. The fraction of sp³-hybridized carbons (Fsp3) is 0.825. The molecule has 0 saturated carbocycles. The lowest BCUT2D eigenvalue weighted by atomic mass is 9.95. The van der Waals surface area contributed by atoms with Crippen molar-refractivity contribution in [3.63, 3.8) is 0 Å². The van der Waals surface area contributed by atoms with Crippen LogP contribution in [-0.4, -0.2) is 412 Å². The number of aliphatic hydroxyl groups is 22. The van der Waals surface area contributed by atoms with Crippen molar-refractivity contribution < 1.29 is 217 Å². The summed E-state index contributed by atoms with van der Waals surface area (Å²) in [6.45, 7) is 6.18. The lowest BCUT2D eigenvalue weighted by Crippen LogP contribution is -2.69. The minimum Gasteiger partial charge on any atom is -0.394 e. The molecule has 6 saturated heterocycles. The maximum absolute atomic E-state index is 11.0. The molecule has 0 aliphatic carbocycles. The van der Waals surface area contributed by atoms with Gasteiger partial charge in [0.05, 0.1) is 32.0 Å². The summed E-state index contributed by atoms with van der Waals surface area (Å²) >= 11 is 0. The van der Waals surface area contributed by atoms with E-state index >= 15 is 0 Å². The number of carbonyl (C=O) groups is 10. The first-order valence-corrected chi connectivity index (χ1v) is 32.9. The van der Waals surface area contributed by atoms with Crippen molar-refractivity contribution in [1.29, 1.82) is 0 Å². The summed E-state index contributed by atoms with van der Waals surface area (Å²) in [5.41, 5.74) is 49.9. The van der Waals surface area contributed by atoms with E-state index in [2.05, 4.69) is 0 Å². The van der Waals surface area contributed by atoms with Gasteiger partial charge in [-0.25, -0.2) is 0 Å². The highest BCUT2D eigenvalue weighted by molar-refractivity contribution is 5.83. The predicted molar refractivity (Wildman–Crippen MR) is 346 cm³/mol. The maximum Gasteiger partial charge on any atom is 0.249 e. The zero-order valence-electron chi connectivity index (χ0n) is 59.5. The zero-order valence-corrected chi connectivity index (χ0v) is 59.5. The van der Waals surface area contributed by atoms with Crippen molar-refractivity contribution in [2.45, 2.75) is 274 Å². The molecule has 10 amide bonds. The van der Waals surface area contributed by atoms with E-state index in [0.29, 0.717) is 0 Å². The molecule has 54 nitrogen and oxygen atoms in total. The van der Waals surface area contributed by atoms with E-state index in [9.17, 15) is 145 Å². The van der Waals surface area contributed by atoms with E-state index in [1.54, 1.807) is 20.8 Å². The second-order valence-corrected chi connectivity index (χ2v) is 24.8. The first kappa shape index (κ1) is 102. The van der Waals surface area contributed by atoms with Crippen molar-refractivity contribution in [2.24, 2.45) is 57.3 Å². The van der Waals surface area contributed by atoms with Crippen molar-refractivity contribution in [2.75, 3.05) is 19.8 Å². The molecule has 24 unspecified atom stereocenters. The van der Waals surface area contributed by atoms with Crippen LogP contribution in [-0.2, 0) is 105 Å². The fourth-order valence-electron chi connectivity index (χ4n) is 9.68. The number of rotatable bonds is 28. The summed E-state index contributed by atoms with van der Waals surface area (Å²) < 4.78 is 59.5. The Hall–Kier alpha value is -6.66. The van der Waals surface area contributed by atoms with Crippen LogP contribution in [0.25, 0.3) is 0 Å². The number of nitrogens with two attached hydrogens (primary N) is 10. The van der Waals surface area contributed by atoms with Gasteiger partial charge in [-0.05, 0) is 33.1 Å². The lowest BCUT2D eigenvalue weighted by molar-refractivity contribution is -0.403. The molecule has 6 heterocycles. The number of hydrogen-bond donors (Lipinski definition) is 32. The molecule has 6 fully saturated rings. The molecule has 0 bridgehead atoms. The summed E-state index contributed by atoms with van der Waals surface area (Å²) in [5, 5.41) is 208. The standard InChI is InChI=1S/3C10H18N2O7.C9H16N2O8.C9H17NO8.C9H17NO7/c3*1-2-3(8(11)16)18-10-6(15)4(13)5(14)7(19-10)9(12)17;10-7(16)2(1-12)18-9-5(15)3(13)4(14)6(19-9)8(11)17;1-3(2-11)17-8-9(15,16)6(13)4(12)5(18-8)7(10)14;1-3(2-11)16-9-6(14)4(12)5(13)7(17-9)8(10)15/h3*3-7,10,13-15H,2H2,1H3,(H2,11,16)(H2,12,17);2-6,9,12-15H,1H2,(H2,10,16)(H2,11,17);3-6,8,11-13,15-16H,2H2,1H3,(H2,10,14);3-7,9,11-14H,2H2,1H3,(H2,10,15)/t2*3?,4?,5-,6+,7?,10?;3?,4?,5-,6-,7?,10?;2?,3?,4-,5-,6?,9?;3?,4-,5?,6?,8?;3?,4?,5-,6+,7?,9?/m100011/s1. The topological polar surface area (TPSA) is 987 Å². The highest BCUT2D eigenvalue weighted by atomic mass is 16.8. The Bertz CT molecular complexity index is 2690. The molecule has 42 N–H and O–H groups in total. The molecule has 646 valence electrons. The normalized spacial score (nSPS) is 37.3. The Morgan fingerprint density at radius 3 is 0.676 bits per heavy atom. The van der Waals surface area contributed by atoms with Crippen molar-refractivity contribution in [3.05, 3.63) is 0 Å². The summed E-state index contributed by atoms with van der Waals surface area (Å²) in [5.74, 6) is -12.6. The SMILES string of the molecule is CC(CO)OC1OC(C(N)=O)[C@@H](O)C(O)C1(O)O.CC(CO)OC1OC(C(N)=O)[C@H](O)C(O)[C@@H]1O.CCC(OC1OC(C(N)=O)[C@@H](O)C(O)[C@@H]1O)C(N)=O.CCC(OC1OC(C(N)=O)[C@@H](O)C(O)[C@H]1O)C(N)=O.CCC(OC1OC(C(N)=O)[C@H](O)C(O)[C@@H]1O)C(N)=O.NC(=O)C(CO)OC1OC(C(N)=O)[C@@H](O)C(O)[C@@H]1O. The second kappa shape index (κ2) is 46.6. The minimum atomic E-state index is -2.94. The highest BCUT2D eigenvalue weighted by Crippen LogP contribution is 2.32. The Balaban J connectivity index is 0.000000666. The summed E-state index contributed by atoms with van der Waals surface area (Å²) in [7, 11) is 0. The van der Waals surface area contributed by atoms with Gasteiger partial charge in [0.25, 0.3) is 0 Å². The molecule has 111 heavy (non-hydrogen) atoms. The summed E-state index contributed by atoms with van der Waals surface area (Å²) in [6, 6.07) is 0. The van der Waals surface area contributed by atoms with Crippen molar-refractivity contribution >= 4 is 59.1 Å². The Kier molecular flexibility index (Phi) is 43.0. The molecule has 0 radical (unpaired) electrons. The summed E-state index contributed by atoms with van der Waals surface area (Å²) in [4.78, 5) is 110. The Labute approximate surface area is 626 Å². The average Bonchev–Trinajstić information content (AvgIpc) is 0.776. The molecular weight excluding hydrogens is 1530 g/mol. The van der Waals surface area contributed by atoms with E-state index in [0.717, 1.165) is 0 Å². The Morgan fingerprint density at radius 1 is 0.288 bits per heavy atom. The van der Waals surface area contributed by atoms with Gasteiger partial charge in [0, 0.05) is 0 Å². The molecule has 6 aliphatic rings. The van der Waals surface area contributed by atoms with Crippen molar-refractivity contribution in [3.8, 4) is 0 Å². The zero-order chi connectivity index (χ0) is 86.2. The number of aliphatic hydroxyl groups excluding tert-OH is 20. The summed E-state index contributed by atoms with van der Waals surface area (Å²) in [6.07, 6.45) is -53.3. The first-order valence-electron chi connectivity index (χ1n) is 32.9. The van der Waals surface area contributed by atoms with Gasteiger partial charge < -0.3 is 227 Å². The smallest absolute Gasteiger partial charge is 0.249 e. The Morgan fingerprint density at radius 2 is 0.486 bits per heavy atom. The molecule has 0 aromatic carbocycles. The monoisotopic (exact) mass is 1630 g/mol. The van der Waals surface area contributed by atoms with E-state index < -0.39 is 293 Å². The number of primary amides is 10. The fourth-order valence-corrected chi connectivity index (χ4v) is 9.68. The van der Waals surface area contributed by atoms with Crippen molar-refractivity contribution in [1.82, 2.24) is 0 Å². The van der Waals surface area contributed by atoms with Gasteiger partial charge in [0.15, 0.2) is 74.2 Å². The van der Waals surface area contributed by atoms with Crippen LogP contribution in [0.4, 0.5) is 0 Å². The van der Waals surface area contributed by atoms with Gasteiger partial charge in [-0.1, -0.05) is 20.8 Å². The van der Waals surface area contributed by atoms with Crippen LogP contribution in [0.15, 0.2) is 0 Å². The van der Waals surface area contributed by atoms with Crippen LogP contribution in [0, 0.1) is 0 Å². The molecule has 6 aliphatic heterocycles. The highest BCUT2D eigenvalue weighted by Gasteiger charge is 2.58. The molecule has 0 aromatic rings. The van der Waals surface area contributed by atoms with E-state index in [1.807, 2.05) is 0 Å². The van der Waals surface area contributed by atoms with Crippen LogP contribution < -0.4 is 57.3 Å². The van der Waals surface area contributed by atoms with Crippen LogP contribution in [0.3, 0.4) is 0 Å². The number of ether oxygens (including phenoxy) is 12. The van der Waals surface area contributed by atoms with Gasteiger partial charge in [0.2, 0.25) is 71.1 Å². The lowest BCUT2D eigenvalue weighted by Gasteiger charge is -2.44. The quantitative estimate of drug-likeness (QED) is 0.0324. The van der Waals surface area contributed by atoms with Gasteiger partial charge in [-0.2, -0.15) is 0 Å². The molecule has 0 spiro atoms. The third-order valence-electron chi connectivity index (χ3n) is 16.2. The largest absolute Gasteiger partial charge is 0.394 e. The van der Waals surface area contributed by atoms with Gasteiger partial charge >= 0.3 is 0 Å². The molecular formula is C57H104N10O44. The predicted octanol–water partition coefficient (Wildman–Crippen LogP) is -22.5. The van der Waals surface area contributed by atoms with E-state index in [4.69, 9.17) is 129 Å². The van der Waals surface area contributed by atoms with E-state index in [-0.39, 0.29) is 25.9 Å². The van der Waals surface area contributed by atoms with Gasteiger partial charge in [0.1, 0.15) is 122 Å². The maximum atomic E-state index is 11.0. The molecule has 54 heteroatoms. The van der Waals surface area contributed by atoms with Gasteiger partial charge in [-0.3, -0.25) is 47.9 Å². The molecule has 0 aromatic heterocycles. The second-order valence-electron chi connectivity index (χ2n) is 24.8. The first-order chi connectivity index (χ1) is 51.3. The van der Waals surface area contributed by atoms with Gasteiger partial charge in [-0.15, -0.1) is 0 Å². The average molecular weight is 1630 g/mol. The number of carbonyl (C=O) groups excluding carboxylic acids is 10. The van der Waals surface area contributed by atoms with Crippen LogP contribution in [0.1, 0.15) is 53.9 Å². The van der Waals surface area contributed by atoms with Crippen LogP contribution in [0.2, 0.25) is 0 Å². The van der Waals surface area contributed by atoms with Crippen LogP contribution >= 0.6 is 0 Å². The molecule has 35 atom stereocenters. The minimum absolute atomic E-state index is 0.210.